The van der Waals surface area contributed by atoms with Crippen molar-refractivity contribution in [3.05, 3.63) is 23.9 Å². The number of alkyl halides is 2. The fourth-order valence-corrected chi connectivity index (χ4v) is 3.04. The molecular formula is C11H11F2IN4O2. The highest BCUT2D eigenvalue weighted by atomic mass is 127. The van der Waals surface area contributed by atoms with Crippen LogP contribution >= 0.6 is 22.6 Å². The van der Waals surface area contributed by atoms with E-state index in [1.54, 1.807) is 12.1 Å². The van der Waals surface area contributed by atoms with Gasteiger partial charge in [-0.2, -0.15) is 9.37 Å². The first-order valence-electron chi connectivity index (χ1n) is 5.87. The summed E-state index contributed by atoms with van der Waals surface area (Å²) in [6.07, 6.45) is -5.45. The molecule has 9 heteroatoms. The van der Waals surface area contributed by atoms with Crippen molar-refractivity contribution in [2.75, 3.05) is 10.2 Å². The average molecular weight is 396 g/mol. The van der Waals surface area contributed by atoms with Crippen LogP contribution in [-0.4, -0.2) is 42.5 Å². The standard InChI is InChI=1S/C11H11F2IN4O2/c12-7-8(19)6(3-14)20-9(7)4-1-2-5-10(15)16-11(13)17-18(4)5/h1-2,6-9,19H,3H2,(H2,15,16,17)/t6-,7-,8-,9+/m1/s1. The molecule has 0 saturated carbocycles. The minimum absolute atomic E-state index is 0.0388. The molecule has 1 fully saturated rings. The molecule has 0 unspecified atom stereocenters. The van der Waals surface area contributed by atoms with E-state index in [4.69, 9.17) is 10.5 Å². The molecule has 0 spiro atoms. The van der Waals surface area contributed by atoms with Crippen molar-refractivity contribution < 1.29 is 18.6 Å². The Morgan fingerprint density at radius 3 is 2.90 bits per heavy atom. The Labute approximate surface area is 126 Å². The molecule has 0 radical (unpaired) electrons. The van der Waals surface area contributed by atoms with E-state index < -0.39 is 30.6 Å². The van der Waals surface area contributed by atoms with Gasteiger partial charge in [-0.1, -0.05) is 22.6 Å². The number of halogens is 3. The highest BCUT2D eigenvalue weighted by Crippen LogP contribution is 2.37. The van der Waals surface area contributed by atoms with Crippen LogP contribution in [0.2, 0.25) is 0 Å². The van der Waals surface area contributed by atoms with Crippen molar-refractivity contribution >= 4 is 33.9 Å². The van der Waals surface area contributed by atoms with Gasteiger partial charge in [0.05, 0.1) is 11.8 Å². The maximum absolute atomic E-state index is 14.2. The van der Waals surface area contributed by atoms with E-state index in [0.29, 0.717) is 15.6 Å². The van der Waals surface area contributed by atoms with Gasteiger partial charge in [-0.05, 0) is 12.1 Å². The van der Waals surface area contributed by atoms with Crippen molar-refractivity contribution in [2.45, 2.75) is 24.5 Å². The van der Waals surface area contributed by atoms with Crippen LogP contribution in [0.25, 0.3) is 5.52 Å². The van der Waals surface area contributed by atoms with Crippen LogP contribution in [0.5, 0.6) is 0 Å². The van der Waals surface area contributed by atoms with Gasteiger partial charge in [-0.15, -0.1) is 5.10 Å². The number of hydrogen-bond acceptors (Lipinski definition) is 5. The van der Waals surface area contributed by atoms with Crippen molar-refractivity contribution in [3.8, 4) is 0 Å². The fraction of sp³-hybridized carbons (Fsp3) is 0.455. The molecule has 3 N–H and O–H groups in total. The number of nitrogens with zero attached hydrogens (tertiary/aromatic N) is 3. The number of aliphatic hydroxyl groups is 1. The summed E-state index contributed by atoms with van der Waals surface area (Å²) in [7, 11) is 0. The predicted octanol–water partition coefficient (Wildman–Crippen LogP) is 1.02. The summed E-state index contributed by atoms with van der Waals surface area (Å²) >= 11 is 2.01. The highest BCUT2D eigenvalue weighted by molar-refractivity contribution is 14.1. The number of aliphatic hydroxyl groups excluding tert-OH is 1. The third-order valence-corrected chi connectivity index (χ3v) is 4.17. The average Bonchev–Trinajstić information content (AvgIpc) is 2.93. The quantitative estimate of drug-likeness (QED) is 0.585. The van der Waals surface area contributed by atoms with E-state index in [-0.39, 0.29) is 5.82 Å². The van der Waals surface area contributed by atoms with Crippen LogP contribution in [0.4, 0.5) is 14.6 Å². The Morgan fingerprint density at radius 1 is 1.50 bits per heavy atom. The maximum atomic E-state index is 14.2. The minimum atomic E-state index is -1.60. The zero-order chi connectivity index (χ0) is 14.4. The number of nitrogens with two attached hydrogens (primary N) is 1. The van der Waals surface area contributed by atoms with Crippen LogP contribution in [0.1, 0.15) is 11.8 Å². The molecule has 4 atom stereocenters. The number of anilines is 1. The van der Waals surface area contributed by atoms with E-state index >= 15 is 0 Å². The number of hydrogen-bond donors (Lipinski definition) is 2. The Hall–Kier alpha value is -1.07. The van der Waals surface area contributed by atoms with Gasteiger partial charge < -0.3 is 15.6 Å². The number of fused-ring (bicyclic) bond motifs is 1. The maximum Gasteiger partial charge on any atom is 0.327 e. The smallest absolute Gasteiger partial charge is 0.327 e. The Morgan fingerprint density at radius 2 is 2.25 bits per heavy atom. The Bertz CT molecular complexity index is 653. The highest BCUT2D eigenvalue weighted by Gasteiger charge is 2.45. The van der Waals surface area contributed by atoms with Gasteiger partial charge >= 0.3 is 6.08 Å². The van der Waals surface area contributed by atoms with Gasteiger partial charge in [0.1, 0.15) is 17.7 Å². The summed E-state index contributed by atoms with van der Waals surface area (Å²) in [5.41, 5.74) is 6.25. The summed E-state index contributed by atoms with van der Waals surface area (Å²) in [5, 5.41) is 13.3. The number of ether oxygens (including phenoxy) is 1. The second kappa shape index (κ2) is 5.04. The molecule has 1 saturated heterocycles. The van der Waals surface area contributed by atoms with Crippen molar-refractivity contribution in [2.24, 2.45) is 0 Å². The van der Waals surface area contributed by atoms with Crippen LogP contribution < -0.4 is 5.73 Å². The number of rotatable bonds is 2. The lowest BCUT2D eigenvalue weighted by atomic mass is 10.1. The molecule has 0 bridgehead atoms. The first-order chi connectivity index (χ1) is 9.52. The Balaban J connectivity index is 2.07. The van der Waals surface area contributed by atoms with Crippen molar-refractivity contribution in [1.29, 1.82) is 0 Å². The molecule has 0 amide bonds. The molecule has 2 aromatic heterocycles. The monoisotopic (exact) mass is 396 g/mol. The van der Waals surface area contributed by atoms with E-state index in [1.165, 1.54) is 0 Å². The minimum Gasteiger partial charge on any atom is -0.387 e. The molecule has 3 heterocycles. The first-order valence-corrected chi connectivity index (χ1v) is 7.39. The molecule has 0 aromatic carbocycles. The second-order valence-electron chi connectivity index (χ2n) is 4.51. The molecule has 2 aromatic rings. The SMILES string of the molecule is Nc1nc(F)nn2c([C@@H]3O[C@H](CI)[C@@H](O)[C@H]3F)ccc12. The summed E-state index contributed by atoms with van der Waals surface area (Å²) in [6, 6.07) is 3.10. The molecule has 20 heavy (non-hydrogen) atoms. The lowest BCUT2D eigenvalue weighted by Gasteiger charge is -2.12. The molecule has 1 aliphatic heterocycles. The van der Waals surface area contributed by atoms with Crippen molar-refractivity contribution in [3.63, 3.8) is 0 Å². The molecule has 108 valence electrons. The van der Waals surface area contributed by atoms with Gasteiger partial charge in [0.15, 0.2) is 12.0 Å². The lowest BCUT2D eigenvalue weighted by Crippen LogP contribution is -2.28. The summed E-state index contributed by atoms with van der Waals surface area (Å²) < 4.78 is 34.5. The predicted molar refractivity (Wildman–Crippen MR) is 74.8 cm³/mol. The third kappa shape index (κ3) is 2.04. The van der Waals surface area contributed by atoms with Gasteiger partial charge in [0.2, 0.25) is 0 Å². The number of nitrogen functional groups attached to an aromatic ring is 1. The summed E-state index contributed by atoms with van der Waals surface area (Å²) in [6.45, 7) is 0. The second-order valence-corrected chi connectivity index (χ2v) is 5.39. The van der Waals surface area contributed by atoms with E-state index in [2.05, 4.69) is 10.1 Å². The molecule has 3 rings (SSSR count). The fourth-order valence-electron chi connectivity index (χ4n) is 2.32. The van der Waals surface area contributed by atoms with E-state index in [1.807, 2.05) is 22.6 Å². The van der Waals surface area contributed by atoms with E-state index in [9.17, 15) is 13.9 Å². The molecule has 1 aliphatic rings. The van der Waals surface area contributed by atoms with E-state index in [0.717, 1.165) is 4.52 Å². The van der Waals surface area contributed by atoms with Crippen LogP contribution in [0.3, 0.4) is 0 Å². The zero-order valence-electron chi connectivity index (χ0n) is 10.1. The van der Waals surface area contributed by atoms with Crippen molar-refractivity contribution in [1.82, 2.24) is 14.6 Å². The molecule has 0 aliphatic carbocycles. The molecular weight excluding hydrogens is 385 g/mol. The Kier molecular flexibility index (Phi) is 3.50. The zero-order valence-corrected chi connectivity index (χ0v) is 12.2. The summed E-state index contributed by atoms with van der Waals surface area (Å²) in [4.78, 5) is 3.40. The van der Waals surface area contributed by atoms with Gasteiger partial charge in [-0.25, -0.2) is 8.91 Å². The lowest BCUT2D eigenvalue weighted by molar-refractivity contribution is 0.0231. The van der Waals surface area contributed by atoms with Crippen LogP contribution in [0, 0.1) is 6.08 Å². The normalized spacial score (nSPS) is 30.2. The summed E-state index contributed by atoms with van der Waals surface area (Å²) in [5.74, 6) is -0.0388. The first kappa shape index (κ1) is 13.9. The van der Waals surface area contributed by atoms with Crippen LogP contribution in [0.15, 0.2) is 12.1 Å². The number of aromatic nitrogens is 3. The van der Waals surface area contributed by atoms with Gasteiger partial charge in [0.25, 0.3) is 0 Å². The van der Waals surface area contributed by atoms with Crippen LogP contribution in [-0.2, 0) is 4.74 Å². The molecule has 6 nitrogen and oxygen atoms in total. The third-order valence-electron chi connectivity index (χ3n) is 3.30. The largest absolute Gasteiger partial charge is 0.387 e. The van der Waals surface area contributed by atoms with Gasteiger partial charge in [0, 0.05) is 4.43 Å². The topological polar surface area (TPSA) is 85.7 Å². The van der Waals surface area contributed by atoms with Gasteiger partial charge in [-0.3, -0.25) is 0 Å².